The van der Waals surface area contributed by atoms with Crippen LogP contribution in [-0.4, -0.2) is 21.6 Å². The van der Waals surface area contributed by atoms with Gasteiger partial charge >= 0.3 is 0 Å². The Bertz CT molecular complexity index is 1030. The number of sulfonamides is 1. The van der Waals surface area contributed by atoms with Crippen molar-refractivity contribution < 1.29 is 22.3 Å². The summed E-state index contributed by atoms with van der Waals surface area (Å²) in [5.41, 5.74) is 0.653. The third-order valence-corrected chi connectivity index (χ3v) is 6.49. The van der Waals surface area contributed by atoms with E-state index in [1.165, 1.54) is 35.6 Å². The van der Waals surface area contributed by atoms with Crippen LogP contribution >= 0.6 is 11.3 Å². The van der Waals surface area contributed by atoms with Crippen LogP contribution in [0.15, 0.2) is 64.9 Å². The molecule has 1 atom stereocenters. The monoisotopic (exact) mass is 405 g/mol. The van der Waals surface area contributed by atoms with Gasteiger partial charge in [0.15, 0.2) is 11.5 Å². The number of nitrogens with one attached hydrogen (secondary N) is 1. The Morgan fingerprint density at radius 3 is 2.44 bits per heavy atom. The molecule has 0 radical (unpaired) electrons. The second kappa shape index (κ2) is 7.30. The average Bonchev–Trinajstić information content (AvgIpc) is 3.21. The van der Waals surface area contributed by atoms with Crippen molar-refractivity contribution in [3.05, 3.63) is 76.2 Å². The van der Waals surface area contributed by atoms with Gasteiger partial charge in [-0.25, -0.2) is 12.8 Å². The van der Waals surface area contributed by atoms with Crippen LogP contribution in [0.25, 0.3) is 0 Å². The van der Waals surface area contributed by atoms with E-state index >= 15 is 0 Å². The van der Waals surface area contributed by atoms with Crippen molar-refractivity contribution >= 4 is 21.4 Å². The van der Waals surface area contributed by atoms with Gasteiger partial charge in [-0.15, -0.1) is 11.3 Å². The predicted octanol–water partition coefficient (Wildman–Crippen LogP) is 3.73. The smallest absolute Gasteiger partial charge is 0.241 e. The molecular weight excluding hydrogens is 389 g/mol. The van der Waals surface area contributed by atoms with Gasteiger partial charge in [0.1, 0.15) is 19.0 Å². The zero-order valence-electron chi connectivity index (χ0n) is 14.1. The first-order valence-corrected chi connectivity index (χ1v) is 10.6. The topological polar surface area (TPSA) is 64.6 Å². The second-order valence-corrected chi connectivity index (χ2v) is 8.62. The molecule has 140 valence electrons. The molecule has 0 amide bonds. The van der Waals surface area contributed by atoms with E-state index in [0.717, 1.165) is 4.88 Å². The molecule has 0 spiro atoms. The number of rotatable bonds is 5. The van der Waals surface area contributed by atoms with E-state index in [1.807, 2.05) is 17.5 Å². The van der Waals surface area contributed by atoms with E-state index in [1.54, 1.807) is 18.2 Å². The van der Waals surface area contributed by atoms with Crippen LogP contribution in [0.2, 0.25) is 0 Å². The maximum Gasteiger partial charge on any atom is 0.241 e. The quantitative estimate of drug-likeness (QED) is 0.703. The minimum Gasteiger partial charge on any atom is -0.486 e. The Labute approximate surface area is 160 Å². The maximum absolute atomic E-state index is 13.3. The molecule has 1 N–H and O–H groups in total. The van der Waals surface area contributed by atoms with Gasteiger partial charge < -0.3 is 9.47 Å². The normalized spacial score (nSPS) is 14.7. The summed E-state index contributed by atoms with van der Waals surface area (Å²) in [6, 6.07) is 13.4. The van der Waals surface area contributed by atoms with Crippen molar-refractivity contribution in [1.29, 1.82) is 0 Å². The molecule has 2 aromatic carbocycles. The lowest BCUT2D eigenvalue weighted by Crippen LogP contribution is -2.29. The van der Waals surface area contributed by atoms with Crippen molar-refractivity contribution in [2.75, 3.05) is 13.2 Å². The molecule has 4 rings (SSSR count). The molecule has 27 heavy (non-hydrogen) atoms. The van der Waals surface area contributed by atoms with Crippen molar-refractivity contribution in [3.63, 3.8) is 0 Å². The van der Waals surface area contributed by atoms with Crippen LogP contribution in [0.1, 0.15) is 16.5 Å². The van der Waals surface area contributed by atoms with E-state index in [2.05, 4.69) is 4.72 Å². The van der Waals surface area contributed by atoms with Gasteiger partial charge in [0, 0.05) is 10.9 Å². The highest BCUT2D eigenvalue weighted by Gasteiger charge is 2.25. The maximum atomic E-state index is 13.3. The molecule has 1 aromatic heterocycles. The van der Waals surface area contributed by atoms with Gasteiger partial charge in [-0.05, 0) is 41.3 Å². The van der Waals surface area contributed by atoms with E-state index in [-0.39, 0.29) is 10.7 Å². The third kappa shape index (κ3) is 3.83. The fraction of sp³-hybridized carbons (Fsp3) is 0.158. The van der Waals surface area contributed by atoms with Crippen molar-refractivity contribution in [2.24, 2.45) is 0 Å². The molecule has 1 unspecified atom stereocenters. The van der Waals surface area contributed by atoms with Crippen molar-refractivity contribution in [2.45, 2.75) is 10.9 Å². The fourth-order valence-electron chi connectivity index (χ4n) is 2.82. The summed E-state index contributed by atoms with van der Waals surface area (Å²) in [6.45, 7) is 0.805. The number of fused-ring (bicyclic) bond motifs is 1. The first kappa shape index (κ1) is 18.0. The Morgan fingerprint density at radius 2 is 1.74 bits per heavy atom. The van der Waals surface area contributed by atoms with Gasteiger partial charge in [0.05, 0.1) is 10.9 Å². The lowest BCUT2D eigenvalue weighted by atomic mass is 10.1. The molecule has 8 heteroatoms. The Hall–Kier alpha value is -2.42. The van der Waals surface area contributed by atoms with Gasteiger partial charge in [0.25, 0.3) is 0 Å². The third-order valence-electron chi connectivity index (χ3n) is 4.13. The van der Waals surface area contributed by atoms with Crippen LogP contribution in [-0.2, 0) is 10.0 Å². The average molecular weight is 405 g/mol. The minimum absolute atomic E-state index is 0.0791. The van der Waals surface area contributed by atoms with Crippen molar-refractivity contribution in [1.82, 2.24) is 4.72 Å². The molecule has 0 saturated heterocycles. The summed E-state index contributed by atoms with van der Waals surface area (Å²) in [6.07, 6.45) is 0. The molecule has 3 aromatic rings. The first-order chi connectivity index (χ1) is 13.0. The second-order valence-electron chi connectivity index (χ2n) is 5.93. The van der Waals surface area contributed by atoms with Gasteiger partial charge in [-0.1, -0.05) is 18.2 Å². The Balaban J connectivity index is 1.68. The Morgan fingerprint density at radius 1 is 1.00 bits per heavy atom. The highest BCUT2D eigenvalue weighted by molar-refractivity contribution is 7.89. The molecular formula is C19H16FNO4S2. The lowest BCUT2D eigenvalue weighted by Gasteiger charge is -2.21. The van der Waals surface area contributed by atoms with Crippen LogP contribution in [0, 0.1) is 5.82 Å². The van der Waals surface area contributed by atoms with Crippen LogP contribution in [0.5, 0.6) is 11.5 Å². The van der Waals surface area contributed by atoms with Crippen molar-refractivity contribution in [3.8, 4) is 11.5 Å². The van der Waals surface area contributed by atoms with E-state index < -0.39 is 16.1 Å². The molecule has 0 bridgehead atoms. The number of thiophene rings is 1. The number of hydrogen-bond acceptors (Lipinski definition) is 5. The molecule has 0 saturated carbocycles. The summed E-state index contributed by atoms with van der Waals surface area (Å²) in [4.78, 5) is 0.887. The van der Waals surface area contributed by atoms with E-state index in [4.69, 9.17) is 9.47 Å². The Kier molecular flexibility index (Phi) is 4.86. The summed E-state index contributed by atoms with van der Waals surface area (Å²) in [5, 5.41) is 1.87. The fourth-order valence-corrected chi connectivity index (χ4v) is 4.91. The SMILES string of the molecule is O=S(=O)(NC(c1ccc(F)cc1)c1cccs1)c1ccc2c(c1)OCCO2. The zero-order valence-corrected chi connectivity index (χ0v) is 15.7. The molecule has 1 aliphatic heterocycles. The van der Waals surface area contributed by atoms with Gasteiger partial charge in [-0.3, -0.25) is 0 Å². The lowest BCUT2D eigenvalue weighted by molar-refractivity contribution is 0.171. The molecule has 5 nitrogen and oxygen atoms in total. The predicted molar refractivity (Wildman–Crippen MR) is 100 cm³/mol. The minimum atomic E-state index is -3.85. The standard InChI is InChI=1S/C19H16FNO4S2/c20-14-5-3-13(4-6-14)19(18-2-1-11-26-18)21-27(22,23)15-7-8-16-17(12-15)25-10-9-24-16/h1-8,11-12,19,21H,9-10H2. The van der Waals surface area contributed by atoms with Crippen LogP contribution in [0.3, 0.4) is 0 Å². The largest absolute Gasteiger partial charge is 0.486 e. The van der Waals surface area contributed by atoms with Gasteiger partial charge in [-0.2, -0.15) is 4.72 Å². The summed E-state index contributed by atoms with van der Waals surface area (Å²) in [5.74, 6) is 0.547. The molecule has 2 heterocycles. The highest BCUT2D eigenvalue weighted by Crippen LogP contribution is 2.33. The molecule has 0 fully saturated rings. The summed E-state index contributed by atoms with van der Waals surface area (Å²) < 4.78 is 52.9. The molecule has 1 aliphatic rings. The zero-order chi connectivity index (χ0) is 18.9. The molecule has 0 aliphatic carbocycles. The van der Waals surface area contributed by atoms with Gasteiger partial charge in [0.2, 0.25) is 10.0 Å². The van der Waals surface area contributed by atoms with Crippen LogP contribution in [0.4, 0.5) is 4.39 Å². The number of ether oxygens (including phenoxy) is 2. The summed E-state index contributed by atoms with van der Waals surface area (Å²) >= 11 is 1.42. The summed E-state index contributed by atoms with van der Waals surface area (Å²) in [7, 11) is -3.85. The number of benzene rings is 2. The first-order valence-electron chi connectivity index (χ1n) is 8.24. The van der Waals surface area contributed by atoms with E-state index in [9.17, 15) is 12.8 Å². The van der Waals surface area contributed by atoms with E-state index in [0.29, 0.717) is 30.3 Å². The van der Waals surface area contributed by atoms with Crippen LogP contribution < -0.4 is 14.2 Å². The number of hydrogen-bond donors (Lipinski definition) is 1. The number of halogens is 1. The highest BCUT2D eigenvalue weighted by atomic mass is 32.2.